The van der Waals surface area contributed by atoms with Crippen molar-refractivity contribution in [1.29, 1.82) is 5.41 Å². The third-order valence-electron chi connectivity index (χ3n) is 5.48. The number of hydrogen-bond acceptors (Lipinski definition) is 7. The molecule has 0 aliphatic carbocycles. The quantitative estimate of drug-likeness (QED) is 0.280. The Kier molecular flexibility index (Phi) is 7.80. The van der Waals surface area contributed by atoms with E-state index in [-0.39, 0.29) is 17.2 Å². The molecule has 0 spiro atoms. The smallest absolute Gasteiger partial charge is 0.378 e. The first-order valence-electron chi connectivity index (χ1n) is 11.1. The number of benzene rings is 2. The number of pyridine rings is 1. The van der Waals surface area contributed by atoms with Crippen molar-refractivity contribution in [2.24, 2.45) is 0 Å². The summed E-state index contributed by atoms with van der Waals surface area (Å²) in [7, 11) is 0. The average Bonchev–Trinajstić information content (AvgIpc) is 2.87. The number of ether oxygens (including phenoxy) is 1. The highest BCUT2D eigenvalue weighted by atomic mass is 32.2. The van der Waals surface area contributed by atoms with Crippen molar-refractivity contribution in [2.45, 2.75) is 12.4 Å². The maximum Gasteiger partial charge on any atom is 0.461 e. The van der Waals surface area contributed by atoms with Crippen LogP contribution in [0.15, 0.2) is 60.7 Å². The number of nitrogens with one attached hydrogen (secondary N) is 3. The molecule has 7 nitrogen and oxygen atoms in total. The van der Waals surface area contributed by atoms with Crippen LogP contribution in [0.25, 0.3) is 11.1 Å². The molecule has 36 heavy (non-hydrogen) atoms. The van der Waals surface area contributed by atoms with Crippen LogP contribution >= 0.6 is 11.9 Å². The highest BCUT2D eigenvalue weighted by molar-refractivity contribution is 7.98. The second kappa shape index (κ2) is 11.0. The summed E-state index contributed by atoms with van der Waals surface area (Å²) in [6.07, 6.45) is 0. The zero-order valence-corrected chi connectivity index (χ0v) is 20.2. The Morgan fingerprint density at radius 3 is 2.36 bits per heavy atom. The summed E-state index contributed by atoms with van der Waals surface area (Å²) in [5, 5.41) is 11.5. The van der Waals surface area contributed by atoms with Crippen molar-refractivity contribution < 1.29 is 22.7 Å². The van der Waals surface area contributed by atoms with E-state index in [1.807, 2.05) is 30.3 Å². The number of amides is 1. The van der Waals surface area contributed by atoms with Gasteiger partial charge in [-0.05, 0) is 48.4 Å². The van der Waals surface area contributed by atoms with Crippen LogP contribution in [-0.4, -0.2) is 48.4 Å². The molecule has 1 saturated heterocycles. The molecule has 0 atom stereocenters. The lowest BCUT2D eigenvalue weighted by Crippen LogP contribution is -2.36. The van der Waals surface area contributed by atoms with E-state index in [1.165, 1.54) is 6.07 Å². The molecule has 0 saturated carbocycles. The lowest BCUT2D eigenvalue weighted by atomic mass is 9.96. The molecule has 1 aromatic heterocycles. The van der Waals surface area contributed by atoms with E-state index in [2.05, 4.69) is 15.2 Å². The van der Waals surface area contributed by atoms with Gasteiger partial charge >= 0.3 is 5.51 Å². The van der Waals surface area contributed by atoms with Gasteiger partial charge in [0, 0.05) is 35.7 Å². The second-order valence-electron chi connectivity index (χ2n) is 8.02. The fraction of sp³-hybridized carbons (Fsp3) is 0.240. The van der Waals surface area contributed by atoms with E-state index in [9.17, 15) is 18.0 Å². The first-order valence-corrected chi connectivity index (χ1v) is 11.9. The van der Waals surface area contributed by atoms with Crippen molar-refractivity contribution in [3.05, 3.63) is 71.9 Å². The fourth-order valence-electron chi connectivity index (χ4n) is 3.85. The van der Waals surface area contributed by atoms with Crippen LogP contribution in [-0.2, 0) is 4.74 Å². The number of alkyl halides is 3. The molecule has 3 N–H and O–H groups in total. The number of para-hydroxylation sites is 1. The summed E-state index contributed by atoms with van der Waals surface area (Å²) in [4.78, 5) is 19.1. The highest BCUT2D eigenvalue weighted by Crippen LogP contribution is 2.33. The van der Waals surface area contributed by atoms with Gasteiger partial charge in [-0.1, -0.05) is 30.3 Å². The molecule has 1 amide bonds. The first kappa shape index (κ1) is 25.5. The van der Waals surface area contributed by atoms with E-state index in [1.54, 1.807) is 35.9 Å². The summed E-state index contributed by atoms with van der Waals surface area (Å²) < 4.78 is 45.2. The number of halogens is 3. The molecule has 1 fully saturated rings. The van der Waals surface area contributed by atoms with Crippen molar-refractivity contribution in [3.8, 4) is 11.1 Å². The summed E-state index contributed by atoms with van der Waals surface area (Å²) in [6.45, 7) is 4.42. The minimum absolute atomic E-state index is 0.185. The van der Waals surface area contributed by atoms with Crippen molar-refractivity contribution in [3.63, 3.8) is 0 Å². The molecule has 188 valence electrons. The van der Waals surface area contributed by atoms with Gasteiger partial charge in [0.15, 0.2) is 0 Å². The van der Waals surface area contributed by atoms with E-state index in [4.69, 9.17) is 10.1 Å². The number of hydrogen-bond donors (Lipinski definition) is 3. The zero-order valence-electron chi connectivity index (χ0n) is 19.4. The molecule has 0 bridgehead atoms. The van der Waals surface area contributed by atoms with E-state index in [0.717, 1.165) is 18.8 Å². The molecule has 1 aliphatic heterocycles. The molecule has 1 aliphatic rings. The van der Waals surface area contributed by atoms with E-state index < -0.39 is 23.4 Å². The topological polar surface area (TPSA) is 90.3 Å². The number of nitrogens with zero attached hydrogens (tertiary/aromatic N) is 2. The number of carbonyl (C=O) groups is 1. The Labute approximate surface area is 210 Å². The molecule has 4 rings (SSSR count). The van der Waals surface area contributed by atoms with Crippen LogP contribution in [0.2, 0.25) is 0 Å². The lowest BCUT2D eigenvalue weighted by molar-refractivity contribution is -0.0335. The molecule has 2 aromatic carbocycles. The maximum absolute atomic E-state index is 12.7. The number of rotatable bonds is 7. The average molecular weight is 516 g/mol. The van der Waals surface area contributed by atoms with E-state index >= 15 is 0 Å². The third kappa shape index (κ3) is 6.35. The Balaban J connectivity index is 1.77. The van der Waals surface area contributed by atoms with Gasteiger partial charge in [0.05, 0.1) is 25.2 Å². The minimum atomic E-state index is -4.63. The first-order chi connectivity index (χ1) is 17.2. The van der Waals surface area contributed by atoms with Crippen molar-refractivity contribution in [1.82, 2.24) is 9.71 Å². The van der Waals surface area contributed by atoms with Gasteiger partial charge in [0.25, 0.3) is 5.91 Å². The van der Waals surface area contributed by atoms with Gasteiger partial charge in [-0.25, -0.2) is 4.98 Å². The predicted octanol–water partition coefficient (Wildman–Crippen LogP) is 5.61. The van der Waals surface area contributed by atoms with Gasteiger partial charge in [0.2, 0.25) is 0 Å². The fourth-order valence-corrected chi connectivity index (χ4v) is 4.16. The monoisotopic (exact) mass is 515 g/mol. The summed E-state index contributed by atoms with van der Waals surface area (Å²) in [6, 6.07) is 18.0. The van der Waals surface area contributed by atoms with Gasteiger partial charge in [-0.3, -0.25) is 9.52 Å². The summed E-state index contributed by atoms with van der Waals surface area (Å²) >= 11 is -0.642. The zero-order chi connectivity index (χ0) is 25.7. The van der Waals surface area contributed by atoms with Crippen molar-refractivity contribution >= 4 is 40.8 Å². The maximum atomic E-state index is 12.7. The van der Waals surface area contributed by atoms with Crippen LogP contribution in [0, 0.1) is 5.41 Å². The van der Waals surface area contributed by atoms with Gasteiger partial charge < -0.3 is 20.4 Å². The van der Waals surface area contributed by atoms with E-state index in [0.29, 0.717) is 35.6 Å². The molecule has 3 aromatic rings. The van der Waals surface area contributed by atoms with Gasteiger partial charge in [0.1, 0.15) is 11.5 Å². The predicted molar refractivity (Wildman–Crippen MR) is 136 cm³/mol. The minimum Gasteiger partial charge on any atom is -0.378 e. The molecule has 0 radical (unpaired) electrons. The third-order valence-corrected chi connectivity index (χ3v) is 6.00. The lowest BCUT2D eigenvalue weighted by Gasteiger charge is -2.29. The Morgan fingerprint density at radius 1 is 1.08 bits per heavy atom. The van der Waals surface area contributed by atoms with Gasteiger partial charge in [-0.15, -0.1) is 0 Å². The highest BCUT2D eigenvalue weighted by Gasteiger charge is 2.31. The molecular formula is C25H24F3N5O2S. The Morgan fingerprint density at radius 2 is 1.75 bits per heavy atom. The number of morpholine rings is 1. The molecular weight excluding hydrogens is 491 g/mol. The SMILES string of the molecule is CC(=N)c1c(-c2ccc(N3CCOCC3)cc2)cc(C(=O)NSC(F)(F)F)nc1Nc1ccccc1. The molecule has 0 unspecified atom stereocenters. The number of anilines is 3. The second-order valence-corrected chi connectivity index (χ2v) is 8.89. The summed E-state index contributed by atoms with van der Waals surface area (Å²) in [5.41, 5.74) is -1.35. The standard InChI is InChI=1S/C25H24F3N5O2S/c1-16(29)22-20(17-7-9-19(10-8-17)33-11-13-35-14-12-33)15-21(24(34)32-36-25(26,27)28)31-23(22)30-18-5-3-2-4-6-18/h2-10,15,29H,11-14H2,1H3,(H,30,31)(H,32,34). The summed E-state index contributed by atoms with van der Waals surface area (Å²) in [5.74, 6) is -0.792. The number of aromatic nitrogens is 1. The van der Waals surface area contributed by atoms with Crippen LogP contribution in [0.1, 0.15) is 23.0 Å². The van der Waals surface area contributed by atoms with Crippen LogP contribution < -0.4 is 14.9 Å². The van der Waals surface area contributed by atoms with Gasteiger partial charge in [-0.2, -0.15) is 13.2 Å². The van der Waals surface area contributed by atoms with Crippen LogP contribution in [0.3, 0.4) is 0 Å². The molecule has 11 heteroatoms. The van der Waals surface area contributed by atoms with Crippen molar-refractivity contribution in [2.75, 3.05) is 36.5 Å². The van der Waals surface area contributed by atoms with Crippen LogP contribution in [0.5, 0.6) is 0 Å². The van der Waals surface area contributed by atoms with Crippen LogP contribution in [0.4, 0.5) is 30.4 Å². The number of carbonyl (C=O) groups excluding carboxylic acids is 1. The molecule has 2 heterocycles. The largest absolute Gasteiger partial charge is 0.461 e. The Hall–Kier alpha value is -3.57. The Bertz CT molecular complexity index is 1230. The normalized spacial score (nSPS) is 13.8.